The number of hydrogen-bond acceptors (Lipinski definition) is 15. The normalized spacial score (nSPS) is 11.5. The molecule has 0 saturated carbocycles. The lowest BCUT2D eigenvalue weighted by molar-refractivity contribution is -0.492. The summed E-state index contributed by atoms with van der Waals surface area (Å²) in [5.41, 5.74) is 3.90. The van der Waals surface area contributed by atoms with Crippen LogP contribution >= 0.6 is 11.6 Å². The lowest BCUT2D eigenvalue weighted by Gasteiger charge is -2.14. The Bertz CT molecular complexity index is 1630. The van der Waals surface area contributed by atoms with Crippen molar-refractivity contribution in [3.8, 4) is 22.5 Å². The Morgan fingerprint density at radius 2 is 1.56 bits per heavy atom. The summed E-state index contributed by atoms with van der Waals surface area (Å²) in [6, 6.07) is 15.3. The number of unbranched alkanes of at least 4 members (excludes halogenated alkanes) is 1. The molecule has 2 aromatic heterocycles. The molecule has 0 atom stereocenters. The van der Waals surface area contributed by atoms with E-state index in [4.69, 9.17) is 37.2 Å². The lowest BCUT2D eigenvalue weighted by atomic mass is 9.98. The summed E-state index contributed by atoms with van der Waals surface area (Å²) < 4.78 is 7.41. The maximum Gasteiger partial charge on any atom is 0.306 e. The molecule has 0 bridgehead atoms. The second-order valence-corrected chi connectivity index (χ2v) is 10.9. The van der Waals surface area contributed by atoms with Gasteiger partial charge < -0.3 is 9.30 Å². The van der Waals surface area contributed by atoms with E-state index in [1.165, 1.54) is 0 Å². The number of aromatic nitrogens is 6. The van der Waals surface area contributed by atoms with Crippen LogP contribution < -0.4 is 0 Å². The largest absolute Gasteiger partial charge is 0.459 e. The van der Waals surface area contributed by atoms with Crippen LogP contribution in [0.3, 0.4) is 0 Å². The van der Waals surface area contributed by atoms with Crippen LogP contribution in [0.4, 0.5) is 0 Å². The monoisotopic (exact) mass is 688 g/mol. The fourth-order valence-electron chi connectivity index (χ4n) is 4.74. The Kier molecular flexibility index (Phi) is 14.0. The summed E-state index contributed by atoms with van der Waals surface area (Å²) in [6.45, 7) is 2.27. The Morgan fingerprint density at radius 1 is 0.896 bits per heavy atom. The molecule has 0 fully saturated rings. The van der Waals surface area contributed by atoms with Crippen LogP contribution in [-0.2, 0) is 38.8 Å². The van der Waals surface area contributed by atoms with Gasteiger partial charge in [-0.15, -0.1) is 10.2 Å². The van der Waals surface area contributed by atoms with E-state index in [9.17, 15) is 9.59 Å². The second kappa shape index (κ2) is 18.4. The zero-order valence-corrected chi connectivity index (χ0v) is 26.9. The Morgan fingerprint density at radius 3 is 2.23 bits per heavy atom. The number of aryl methyl sites for hydroxylation is 1. The number of carbonyl (C=O) groups is 2. The van der Waals surface area contributed by atoms with Crippen LogP contribution in [0, 0.1) is 0 Å². The van der Waals surface area contributed by atoms with Crippen LogP contribution in [-0.4, -0.2) is 86.5 Å². The average Bonchev–Trinajstić information content (AvgIpc) is 3.68. The first-order valence-corrected chi connectivity index (χ1v) is 15.6. The number of hydrogen-bond donors (Lipinski definition) is 4. The van der Waals surface area contributed by atoms with Gasteiger partial charge in [0.1, 0.15) is 12.4 Å². The molecular weight excluding hydrogens is 652 g/mol. The zero-order valence-electron chi connectivity index (χ0n) is 26.2. The molecule has 17 nitrogen and oxygen atoms in total. The highest BCUT2D eigenvalue weighted by atomic mass is 35.5. The van der Waals surface area contributed by atoms with E-state index in [-0.39, 0.29) is 56.5 Å². The smallest absolute Gasteiger partial charge is 0.306 e. The van der Waals surface area contributed by atoms with Gasteiger partial charge in [0.2, 0.25) is 5.82 Å². The van der Waals surface area contributed by atoms with Crippen molar-refractivity contribution in [1.29, 1.82) is 0 Å². The predicted octanol–water partition coefficient (Wildman–Crippen LogP) is 4.52. The molecule has 258 valence electrons. The highest BCUT2D eigenvalue weighted by Crippen LogP contribution is 2.30. The molecule has 4 aromatic rings. The van der Waals surface area contributed by atoms with E-state index in [0.29, 0.717) is 24.2 Å². The minimum atomic E-state index is -0.492. The quantitative estimate of drug-likeness (QED) is 0.0606. The van der Waals surface area contributed by atoms with Gasteiger partial charge in [0.25, 0.3) is 5.91 Å². The van der Waals surface area contributed by atoms with Gasteiger partial charge in [0.15, 0.2) is 5.15 Å². The van der Waals surface area contributed by atoms with Gasteiger partial charge in [0, 0.05) is 31.4 Å². The number of nitrogens with zero attached hydrogens (tertiary/aromatic N) is 8. The first-order chi connectivity index (χ1) is 23.2. The Balaban J connectivity index is 1.47. The molecule has 48 heavy (non-hydrogen) atoms. The van der Waals surface area contributed by atoms with E-state index in [2.05, 4.69) is 37.0 Å². The topological polar surface area (TPSA) is 211 Å². The molecule has 4 N–H and O–H groups in total. The average molecular weight is 689 g/mol. The number of benzene rings is 2. The molecule has 2 heterocycles. The molecule has 0 saturated heterocycles. The van der Waals surface area contributed by atoms with Crippen molar-refractivity contribution in [2.75, 3.05) is 13.2 Å². The summed E-state index contributed by atoms with van der Waals surface area (Å²) in [6.07, 6.45) is 3.01. The molecule has 4 rings (SSSR count). The molecule has 0 unspecified atom stereocenters. The van der Waals surface area contributed by atoms with Crippen LogP contribution in [0.2, 0.25) is 5.15 Å². The van der Waals surface area contributed by atoms with Crippen LogP contribution in [0.15, 0.2) is 48.5 Å². The minimum absolute atomic E-state index is 0.00438. The summed E-state index contributed by atoms with van der Waals surface area (Å²) >= 11 is 6.52. The number of esters is 1. The number of halogens is 1. The predicted molar refractivity (Wildman–Crippen MR) is 165 cm³/mol. The first kappa shape index (κ1) is 36.7. The van der Waals surface area contributed by atoms with Crippen molar-refractivity contribution < 1.29 is 44.8 Å². The molecule has 0 radical (unpaired) electrons. The maximum atomic E-state index is 12.5. The van der Waals surface area contributed by atoms with Gasteiger partial charge in [-0.1, -0.05) is 78.3 Å². The molecular formula is C30H37ClN8O9. The maximum absolute atomic E-state index is 12.5. The molecule has 0 aliphatic rings. The molecule has 0 amide bonds. The Labute approximate surface area is 280 Å². The number of tetrazole rings is 1. The van der Waals surface area contributed by atoms with Gasteiger partial charge in [0.05, 0.1) is 29.7 Å². The van der Waals surface area contributed by atoms with E-state index >= 15 is 0 Å². The van der Waals surface area contributed by atoms with E-state index in [1.54, 1.807) is 0 Å². The van der Waals surface area contributed by atoms with Gasteiger partial charge in [-0.2, -0.15) is 0 Å². The van der Waals surface area contributed by atoms with Gasteiger partial charge in [-0.05, 0) is 41.2 Å². The fraction of sp³-hybridized carbons (Fsp3) is 0.400. The summed E-state index contributed by atoms with van der Waals surface area (Å²) in [4.78, 5) is 39.1. The standard InChI is InChI=1S/C30H37ClN8O9/c1-2-3-10-26-32-29(31)25(20-46-28(41)12-7-18-48-39(44)45)36(26)19-21-13-15-22(16-14-21)23-8-4-5-9-24(23)30-33-35-37(34-30)27(40)11-6-17-47-38(42)43/h4-5,8-9,13-16,42-45H,2-3,6-7,10-12,17-20H2,1H3. The highest BCUT2D eigenvalue weighted by molar-refractivity contribution is 6.30. The molecule has 2 aromatic carbocycles. The van der Waals surface area contributed by atoms with Gasteiger partial charge >= 0.3 is 5.97 Å². The summed E-state index contributed by atoms with van der Waals surface area (Å²) in [5.74, 6) is 0.121. The van der Waals surface area contributed by atoms with Crippen LogP contribution in [0.1, 0.15) is 67.3 Å². The zero-order chi connectivity index (χ0) is 34.5. The van der Waals surface area contributed by atoms with Crippen molar-refractivity contribution in [2.45, 2.75) is 65.0 Å². The van der Waals surface area contributed by atoms with E-state index < -0.39 is 22.7 Å². The second-order valence-electron chi connectivity index (χ2n) is 10.5. The third-order valence-electron chi connectivity index (χ3n) is 7.11. The van der Waals surface area contributed by atoms with Crippen molar-refractivity contribution in [2.24, 2.45) is 0 Å². The molecule has 0 aliphatic carbocycles. The van der Waals surface area contributed by atoms with Crippen molar-refractivity contribution in [3.63, 3.8) is 0 Å². The fourth-order valence-corrected chi connectivity index (χ4v) is 4.99. The minimum Gasteiger partial charge on any atom is -0.459 e. The van der Waals surface area contributed by atoms with Crippen molar-refractivity contribution >= 4 is 23.5 Å². The molecule has 0 spiro atoms. The number of carbonyl (C=O) groups excluding carboxylic acids is 2. The SMILES string of the molecule is CCCCc1nc(Cl)c(COC(=O)CCCON(O)O)n1Cc1ccc(-c2ccccc2-c2nnn(C(=O)CCCON(O)O)n2)cc1. The summed E-state index contributed by atoms with van der Waals surface area (Å²) in [7, 11) is 0. The molecule has 0 aliphatic heterocycles. The van der Waals surface area contributed by atoms with E-state index in [1.807, 2.05) is 53.1 Å². The summed E-state index contributed by atoms with van der Waals surface area (Å²) in [5, 5.41) is 46.1. The molecule has 18 heteroatoms. The number of imidazole rings is 1. The Hall–Kier alpha value is -4.17. The van der Waals surface area contributed by atoms with Crippen LogP contribution in [0.25, 0.3) is 22.5 Å². The number of rotatable bonds is 19. The van der Waals surface area contributed by atoms with Crippen molar-refractivity contribution in [3.05, 3.63) is 70.8 Å². The third kappa shape index (κ3) is 10.7. The van der Waals surface area contributed by atoms with Gasteiger partial charge in [-0.3, -0.25) is 40.1 Å². The van der Waals surface area contributed by atoms with Gasteiger partial charge in [-0.25, -0.2) is 4.98 Å². The third-order valence-corrected chi connectivity index (χ3v) is 7.41. The number of ether oxygens (including phenoxy) is 1. The van der Waals surface area contributed by atoms with Crippen LogP contribution in [0.5, 0.6) is 0 Å². The lowest BCUT2D eigenvalue weighted by Crippen LogP contribution is -2.18. The first-order valence-electron chi connectivity index (χ1n) is 15.2. The van der Waals surface area contributed by atoms with Crippen molar-refractivity contribution in [1.82, 2.24) is 40.5 Å². The van der Waals surface area contributed by atoms with E-state index in [0.717, 1.165) is 40.2 Å². The highest BCUT2D eigenvalue weighted by Gasteiger charge is 2.19.